The van der Waals surface area contributed by atoms with Gasteiger partial charge < -0.3 is 4.90 Å². The zero-order valence-electron chi connectivity index (χ0n) is 6.64. The number of hydrogen-bond acceptors (Lipinski definition) is 1. The molecular weight excluding hydrogens is 145 g/mol. The smallest absolute Gasteiger partial charge is 0.260 e. The summed E-state index contributed by atoms with van der Waals surface area (Å²) in [7, 11) is 0. The van der Waals surface area contributed by atoms with Crippen LogP contribution in [0.1, 0.15) is 19.8 Å². The van der Waals surface area contributed by atoms with Crippen LogP contribution in [0.3, 0.4) is 0 Å². The Labute approximate surface area is 65.4 Å². The van der Waals surface area contributed by atoms with Gasteiger partial charge in [-0.25, -0.2) is 4.39 Å². The number of alkyl halides is 1. The first kappa shape index (κ1) is 7.07. The molecule has 1 aliphatic heterocycles. The molecule has 0 aromatic carbocycles. The Morgan fingerprint density at radius 2 is 2.09 bits per heavy atom. The molecule has 0 bridgehead atoms. The van der Waals surface area contributed by atoms with Crippen molar-refractivity contribution >= 4 is 5.91 Å². The maximum Gasteiger partial charge on any atom is 0.260 e. The predicted octanol–water partition coefficient (Wildman–Crippen LogP) is 0.967. The second-order valence-electron chi connectivity index (χ2n) is 3.78. The van der Waals surface area contributed by atoms with Crippen LogP contribution in [-0.4, -0.2) is 29.6 Å². The minimum absolute atomic E-state index is 0.268. The van der Waals surface area contributed by atoms with E-state index in [-0.39, 0.29) is 5.91 Å². The molecule has 62 valence electrons. The van der Waals surface area contributed by atoms with Crippen molar-refractivity contribution in [2.24, 2.45) is 5.92 Å². The number of hydrogen-bond donors (Lipinski definition) is 0. The summed E-state index contributed by atoms with van der Waals surface area (Å²) in [5, 5.41) is 0. The van der Waals surface area contributed by atoms with Gasteiger partial charge in [0, 0.05) is 13.1 Å². The fourth-order valence-corrected chi connectivity index (χ4v) is 1.47. The molecule has 11 heavy (non-hydrogen) atoms. The molecular formula is C8H12FNO. The van der Waals surface area contributed by atoms with E-state index in [9.17, 15) is 9.18 Å². The molecule has 1 saturated carbocycles. The number of halogens is 1. The van der Waals surface area contributed by atoms with Crippen molar-refractivity contribution in [2.75, 3.05) is 13.1 Å². The topological polar surface area (TPSA) is 20.3 Å². The number of likely N-dealkylation sites (tertiary alicyclic amines) is 1. The fraction of sp³-hybridized carbons (Fsp3) is 0.875. The first-order valence-corrected chi connectivity index (χ1v) is 4.10. The molecule has 0 N–H and O–H groups in total. The zero-order chi connectivity index (χ0) is 8.06. The monoisotopic (exact) mass is 157 g/mol. The van der Waals surface area contributed by atoms with E-state index in [1.807, 2.05) is 0 Å². The van der Waals surface area contributed by atoms with E-state index in [0.29, 0.717) is 18.8 Å². The molecule has 0 spiro atoms. The number of carbonyl (C=O) groups excluding carboxylic acids is 1. The Kier molecular flexibility index (Phi) is 1.26. The Hall–Kier alpha value is -0.600. The van der Waals surface area contributed by atoms with Crippen LogP contribution in [0.2, 0.25) is 0 Å². The third-order valence-electron chi connectivity index (χ3n) is 2.42. The van der Waals surface area contributed by atoms with Crippen molar-refractivity contribution in [2.45, 2.75) is 25.4 Å². The van der Waals surface area contributed by atoms with Gasteiger partial charge in [-0.05, 0) is 18.8 Å². The van der Waals surface area contributed by atoms with Crippen molar-refractivity contribution in [3.8, 4) is 0 Å². The number of nitrogens with zero attached hydrogens (tertiary/aromatic N) is 1. The van der Waals surface area contributed by atoms with E-state index in [4.69, 9.17) is 0 Å². The number of rotatable bonds is 1. The van der Waals surface area contributed by atoms with Crippen LogP contribution >= 0.6 is 0 Å². The van der Waals surface area contributed by atoms with Gasteiger partial charge in [0.15, 0.2) is 5.67 Å². The number of amides is 1. The largest absolute Gasteiger partial charge is 0.339 e. The van der Waals surface area contributed by atoms with E-state index < -0.39 is 5.67 Å². The second kappa shape index (κ2) is 1.96. The average molecular weight is 157 g/mol. The summed E-state index contributed by atoms with van der Waals surface area (Å²) in [6, 6.07) is 0. The van der Waals surface area contributed by atoms with Crippen molar-refractivity contribution in [3.05, 3.63) is 0 Å². The molecule has 2 fully saturated rings. The molecule has 0 aromatic heterocycles. The van der Waals surface area contributed by atoms with Gasteiger partial charge in [-0.1, -0.05) is 6.92 Å². The van der Waals surface area contributed by atoms with Crippen molar-refractivity contribution < 1.29 is 9.18 Å². The molecule has 1 saturated heterocycles. The third kappa shape index (κ3) is 1.03. The number of carbonyl (C=O) groups is 1. The van der Waals surface area contributed by atoms with Gasteiger partial charge in [-0.2, -0.15) is 0 Å². The zero-order valence-corrected chi connectivity index (χ0v) is 6.64. The van der Waals surface area contributed by atoms with Crippen molar-refractivity contribution in [1.82, 2.24) is 4.90 Å². The Bertz CT molecular complexity index is 194. The van der Waals surface area contributed by atoms with Gasteiger partial charge >= 0.3 is 0 Å². The van der Waals surface area contributed by atoms with E-state index in [2.05, 4.69) is 6.92 Å². The highest BCUT2D eigenvalue weighted by Crippen LogP contribution is 2.42. The van der Waals surface area contributed by atoms with E-state index in [0.717, 1.165) is 13.1 Å². The third-order valence-corrected chi connectivity index (χ3v) is 2.42. The SMILES string of the molecule is CC1CN(C(=O)C2(F)CC2)C1. The van der Waals surface area contributed by atoms with E-state index >= 15 is 0 Å². The molecule has 3 heteroatoms. The molecule has 0 atom stereocenters. The minimum atomic E-state index is -1.44. The van der Waals surface area contributed by atoms with Gasteiger partial charge in [0.1, 0.15) is 0 Å². The summed E-state index contributed by atoms with van der Waals surface area (Å²) in [4.78, 5) is 12.8. The lowest BCUT2D eigenvalue weighted by molar-refractivity contribution is -0.144. The lowest BCUT2D eigenvalue weighted by Crippen LogP contribution is -2.52. The van der Waals surface area contributed by atoms with Crippen LogP contribution in [0.25, 0.3) is 0 Å². The highest BCUT2D eigenvalue weighted by molar-refractivity contribution is 5.88. The maximum absolute atomic E-state index is 13.1. The molecule has 2 nitrogen and oxygen atoms in total. The Morgan fingerprint density at radius 3 is 2.45 bits per heavy atom. The van der Waals surface area contributed by atoms with E-state index in [1.165, 1.54) is 0 Å². The van der Waals surface area contributed by atoms with Crippen LogP contribution in [0.5, 0.6) is 0 Å². The molecule has 0 unspecified atom stereocenters. The van der Waals surface area contributed by atoms with Crippen molar-refractivity contribution in [3.63, 3.8) is 0 Å². The van der Waals surface area contributed by atoms with Gasteiger partial charge in [-0.15, -0.1) is 0 Å². The molecule has 0 radical (unpaired) electrons. The Balaban J connectivity index is 1.91. The van der Waals surface area contributed by atoms with Crippen LogP contribution in [0.4, 0.5) is 4.39 Å². The molecule has 0 aromatic rings. The summed E-state index contributed by atoms with van der Waals surface area (Å²) in [6.45, 7) is 3.58. The normalized spacial score (nSPS) is 28.0. The van der Waals surface area contributed by atoms with E-state index in [1.54, 1.807) is 4.90 Å². The van der Waals surface area contributed by atoms with Gasteiger partial charge in [0.2, 0.25) is 0 Å². The molecule has 2 rings (SSSR count). The van der Waals surface area contributed by atoms with Crippen LogP contribution in [0, 0.1) is 5.92 Å². The predicted molar refractivity (Wildman–Crippen MR) is 38.8 cm³/mol. The minimum Gasteiger partial charge on any atom is -0.339 e. The molecule has 1 amide bonds. The highest BCUT2D eigenvalue weighted by atomic mass is 19.1. The van der Waals surface area contributed by atoms with Crippen LogP contribution in [-0.2, 0) is 4.79 Å². The maximum atomic E-state index is 13.1. The second-order valence-corrected chi connectivity index (χ2v) is 3.78. The van der Waals surface area contributed by atoms with Gasteiger partial charge in [-0.3, -0.25) is 4.79 Å². The average Bonchev–Trinajstić information content (AvgIpc) is 2.61. The fourth-order valence-electron chi connectivity index (χ4n) is 1.47. The molecule has 1 aliphatic carbocycles. The summed E-state index contributed by atoms with van der Waals surface area (Å²) in [6.07, 6.45) is 0.882. The highest BCUT2D eigenvalue weighted by Gasteiger charge is 2.54. The van der Waals surface area contributed by atoms with Crippen molar-refractivity contribution in [1.29, 1.82) is 0 Å². The molecule has 2 aliphatic rings. The summed E-state index contributed by atoms with van der Waals surface area (Å²) in [5.74, 6) is 0.303. The summed E-state index contributed by atoms with van der Waals surface area (Å²) < 4.78 is 13.1. The Morgan fingerprint density at radius 1 is 1.55 bits per heavy atom. The first-order valence-electron chi connectivity index (χ1n) is 4.10. The lowest BCUT2D eigenvalue weighted by atomic mass is 10.0. The van der Waals surface area contributed by atoms with Crippen LogP contribution < -0.4 is 0 Å². The van der Waals surface area contributed by atoms with Crippen LogP contribution in [0.15, 0.2) is 0 Å². The summed E-state index contributed by atoms with van der Waals surface area (Å²) >= 11 is 0. The molecule has 1 heterocycles. The standard InChI is InChI=1S/C8H12FNO/c1-6-4-10(5-6)7(11)8(9)2-3-8/h6H,2-5H2,1H3. The lowest BCUT2D eigenvalue weighted by Gasteiger charge is -2.38. The van der Waals surface area contributed by atoms with Gasteiger partial charge in [0.05, 0.1) is 0 Å². The quantitative estimate of drug-likeness (QED) is 0.555. The van der Waals surface area contributed by atoms with Gasteiger partial charge in [0.25, 0.3) is 5.91 Å². The summed E-state index contributed by atoms with van der Waals surface area (Å²) in [5.41, 5.74) is -1.44. The first-order chi connectivity index (χ1) is 5.12.